The molecule has 132 valence electrons. The van der Waals surface area contributed by atoms with E-state index < -0.39 is 5.91 Å². The smallest absolute Gasteiger partial charge is 0.248 e. The molecule has 2 saturated heterocycles. The van der Waals surface area contributed by atoms with Gasteiger partial charge < -0.3 is 20.7 Å². The first-order chi connectivity index (χ1) is 11.1. The summed E-state index contributed by atoms with van der Waals surface area (Å²) >= 11 is 0. The zero-order chi connectivity index (χ0) is 16.2. The third-order valence-electron chi connectivity index (χ3n) is 4.65. The summed E-state index contributed by atoms with van der Waals surface area (Å²) in [5.41, 5.74) is 5.66. The molecule has 1 aromatic carbocycles. The Morgan fingerprint density at radius 3 is 2.83 bits per heavy atom. The third kappa shape index (κ3) is 4.19. The van der Waals surface area contributed by atoms with Crippen LogP contribution in [0.3, 0.4) is 0 Å². The summed E-state index contributed by atoms with van der Waals surface area (Å²) in [6, 6.07) is 7.43. The van der Waals surface area contributed by atoms with Gasteiger partial charge in [0.25, 0.3) is 0 Å². The lowest BCUT2D eigenvalue weighted by Crippen LogP contribution is -2.42. The second kappa shape index (κ2) is 8.35. The number of fused-ring (bicyclic) bond motifs is 2. The number of hydrogen-bond donors (Lipinski definition) is 2. The Morgan fingerprint density at radius 1 is 1.25 bits per heavy atom. The highest BCUT2D eigenvalue weighted by Gasteiger charge is 2.37. The van der Waals surface area contributed by atoms with Crippen molar-refractivity contribution in [1.29, 1.82) is 0 Å². The molecule has 6 nitrogen and oxygen atoms in total. The molecule has 3 rings (SSSR count). The molecule has 2 atom stereocenters. The highest BCUT2D eigenvalue weighted by Crippen LogP contribution is 2.28. The monoisotopic (exact) mass is 353 g/mol. The van der Waals surface area contributed by atoms with Crippen LogP contribution in [0.2, 0.25) is 0 Å². The fourth-order valence-electron chi connectivity index (χ4n) is 3.51. The molecule has 2 aliphatic rings. The van der Waals surface area contributed by atoms with E-state index in [4.69, 9.17) is 10.5 Å². The van der Waals surface area contributed by atoms with E-state index in [1.807, 2.05) is 0 Å². The van der Waals surface area contributed by atoms with Crippen LogP contribution in [-0.2, 0) is 4.79 Å². The van der Waals surface area contributed by atoms with Crippen molar-refractivity contribution in [2.45, 2.75) is 37.8 Å². The van der Waals surface area contributed by atoms with E-state index in [0.717, 1.165) is 32.4 Å². The molecule has 2 aliphatic heterocycles. The quantitative estimate of drug-likeness (QED) is 0.836. The van der Waals surface area contributed by atoms with Gasteiger partial charge in [-0.2, -0.15) is 0 Å². The van der Waals surface area contributed by atoms with Crippen LogP contribution >= 0.6 is 12.4 Å². The predicted molar refractivity (Wildman–Crippen MR) is 93.5 cm³/mol. The molecule has 2 amide bonds. The number of rotatable bonds is 5. The summed E-state index contributed by atoms with van der Waals surface area (Å²) in [6.07, 6.45) is 3.59. The number of primary amides is 1. The fourth-order valence-corrected chi connectivity index (χ4v) is 3.51. The average molecular weight is 354 g/mol. The lowest BCUT2D eigenvalue weighted by atomic mass is 10.1. The molecule has 2 bridgehead atoms. The minimum atomic E-state index is -0.486. The van der Waals surface area contributed by atoms with E-state index in [1.165, 1.54) is 0 Å². The lowest BCUT2D eigenvalue weighted by molar-refractivity contribution is -0.134. The summed E-state index contributed by atoms with van der Waals surface area (Å²) in [7, 11) is 0. The van der Waals surface area contributed by atoms with E-state index in [0.29, 0.717) is 36.4 Å². The summed E-state index contributed by atoms with van der Waals surface area (Å²) in [6.45, 7) is 2.19. The van der Waals surface area contributed by atoms with Crippen molar-refractivity contribution in [2.24, 2.45) is 5.73 Å². The van der Waals surface area contributed by atoms with Gasteiger partial charge >= 0.3 is 0 Å². The van der Waals surface area contributed by atoms with Crippen LogP contribution in [0.4, 0.5) is 0 Å². The molecular weight excluding hydrogens is 330 g/mol. The zero-order valence-electron chi connectivity index (χ0n) is 13.6. The number of benzene rings is 1. The van der Waals surface area contributed by atoms with Crippen molar-refractivity contribution in [2.75, 3.05) is 19.7 Å². The number of carbonyl (C=O) groups excluding carboxylic acids is 2. The SMILES string of the molecule is Cl.NC(=O)c1cccc(OCCC(=O)N2C3CCNCC2CC3)c1. The molecule has 2 heterocycles. The van der Waals surface area contributed by atoms with Crippen LogP contribution < -0.4 is 15.8 Å². The Labute approximate surface area is 148 Å². The van der Waals surface area contributed by atoms with Gasteiger partial charge in [-0.15, -0.1) is 12.4 Å². The molecule has 0 radical (unpaired) electrons. The summed E-state index contributed by atoms with van der Waals surface area (Å²) < 4.78 is 5.61. The van der Waals surface area contributed by atoms with Crippen molar-refractivity contribution in [3.63, 3.8) is 0 Å². The topological polar surface area (TPSA) is 84.7 Å². The molecule has 0 aliphatic carbocycles. The van der Waals surface area contributed by atoms with Gasteiger partial charge in [0.1, 0.15) is 5.75 Å². The Morgan fingerprint density at radius 2 is 2.04 bits per heavy atom. The number of amides is 2. The average Bonchev–Trinajstić information content (AvgIpc) is 2.80. The second-order valence-corrected chi connectivity index (χ2v) is 6.17. The molecule has 0 aromatic heterocycles. The van der Waals surface area contributed by atoms with Crippen LogP contribution in [0, 0.1) is 0 Å². The first-order valence-corrected chi connectivity index (χ1v) is 8.19. The number of nitrogens with zero attached hydrogens (tertiary/aromatic N) is 1. The van der Waals surface area contributed by atoms with Crippen LogP contribution in [0.15, 0.2) is 24.3 Å². The van der Waals surface area contributed by atoms with Crippen LogP contribution in [-0.4, -0.2) is 48.5 Å². The van der Waals surface area contributed by atoms with Crippen LogP contribution in [0.5, 0.6) is 5.75 Å². The van der Waals surface area contributed by atoms with Gasteiger partial charge in [0, 0.05) is 24.2 Å². The summed E-state index contributed by atoms with van der Waals surface area (Å²) in [4.78, 5) is 25.7. The molecule has 24 heavy (non-hydrogen) atoms. The van der Waals surface area contributed by atoms with Gasteiger partial charge in [-0.05, 0) is 44.0 Å². The van der Waals surface area contributed by atoms with Crippen molar-refractivity contribution in [3.8, 4) is 5.75 Å². The van der Waals surface area contributed by atoms with Crippen LogP contribution in [0.25, 0.3) is 0 Å². The highest BCUT2D eigenvalue weighted by molar-refractivity contribution is 5.93. The number of nitrogens with one attached hydrogen (secondary N) is 1. The van der Waals surface area contributed by atoms with Gasteiger partial charge in [0.15, 0.2) is 0 Å². The van der Waals surface area contributed by atoms with Crippen molar-refractivity contribution in [3.05, 3.63) is 29.8 Å². The van der Waals surface area contributed by atoms with Crippen molar-refractivity contribution in [1.82, 2.24) is 10.2 Å². The molecule has 2 unspecified atom stereocenters. The van der Waals surface area contributed by atoms with Crippen molar-refractivity contribution >= 4 is 24.2 Å². The number of halogens is 1. The predicted octanol–water partition coefficient (Wildman–Crippen LogP) is 1.33. The van der Waals surface area contributed by atoms with Crippen LogP contribution in [0.1, 0.15) is 36.0 Å². The Kier molecular flexibility index (Phi) is 6.45. The van der Waals surface area contributed by atoms with Gasteiger partial charge in [0.2, 0.25) is 11.8 Å². The Bertz CT molecular complexity index is 582. The van der Waals surface area contributed by atoms with Gasteiger partial charge in [-0.1, -0.05) is 6.07 Å². The summed E-state index contributed by atoms with van der Waals surface area (Å²) in [5.74, 6) is 0.238. The van der Waals surface area contributed by atoms with E-state index in [2.05, 4.69) is 10.2 Å². The molecule has 7 heteroatoms. The molecule has 1 aromatic rings. The maximum Gasteiger partial charge on any atom is 0.248 e. The van der Waals surface area contributed by atoms with Gasteiger partial charge in [-0.25, -0.2) is 0 Å². The molecule has 0 spiro atoms. The van der Waals surface area contributed by atoms with Crippen molar-refractivity contribution < 1.29 is 14.3 Å². The lowest BCUT2D eigenvalue weighted by Gasteiger charge is -2.28. The normalized spacial score (nSPS) is 22.4. The molecular formula is C17H24ClN3O3. The largest absolute Gasteiger partial charge is 0.493 e. The van der Waals surface area contributed by atoms with Gasteiger partial charge in [0.05, 0.1) is 13.0 Å². The number of ether oxygens (including phenoxy) is 1. The summed E-state index contributed by atoms with van der Waals surface area (Å²) in [5, 5.41) is 3.39. The number of hydrogen-bond acceptors (Lipinski definition) is 4. The Hall–Kier alpha value is -1.79. The maximum atomic E-state index is 12.5. The Balaban J connectivity index is 0.00000208. The minimum absolute atomic E-state index is 0. The first kappa shape index (κ1) is 18.5. The second-order valence-electron chi connectivity index (χ2n) is 6.17. The molecule has 3 N–H and O–H groups in total. The third-order valence-corrected chi connectivity index (χ3v) is 4.65. The van der Waals surface area contributed by atoms with E-state index in [1.54, 1.807) is 24.3 Å². The first-order valence-electron chi connectivity index (χ1n) is 8.19. The fraction of sp³-hybridized carbons (Fsp3) is 0.529. The minimum Gasteiger partial charge on any atom is -0.493 e. The van der Waals surface area contributed by atoms with E-state index in [9.17, 15) is 9.59 Å². The number of nitrogens with two attached hydrogens (primary N) is 1. The number of carbonyl (C=O) groups is 2. The standard InChI is InChI=1S/C17H23N3O3.ClH/c18-17(22)12-2-1-3-15(10-12)23-9-7-16(21)20-13-4-5-14(20)11-19-8-6-13;/h1-3,10,13-14,19H,4-9,11H2,(H2,18,22);1H. The molecule has 2 fully saturated rings. The maximum absolute atomic E-state index is 12.5. The van der Waals surface area contributed by atoms with Gasteiger partial charge in [-0.3, -0.25) is 9.59 Å². The van der Waals surface area contributed by atoms with E-state index in [-0.39, 0.29) is 18.3 Å². The van der Waals surface area contributed by atoms with E-state index >= 15 is 0 Å². The molecule has 0 saturated carbocycles. The highest BCUT2D eigenvalue weighted by atomic mass is 35.5. The zero-order valence-corrected chi connectivity index (χ0v) is 14.4.